The molecule has 0 amide bonds. The zero-order valence-corrected chi connectivity index (χ0v) is 12.5. The van der Waals surface area contributed by atoms with E-state index in [1.807, 2.05) is 0 Å². The minimum Gasteiger partial charge on any atom is -0.466 e. The van der Waals surface area contributed by atoms with Gasteiger partial charge in [0.15, 0.2) is 5.79 Å². The lowest BCUT2D eigenvalue weighted by Gasteiger charge is -2.38. The van der Waals surface area contributed by atoms with Crippen molar-refractivity contribution in [3.8, 4) is 0 Å². The molecule has 1 spiro atoms. The van der Waals surface area contributed by atoms with E-state index in [0.29, 0.717) is 32.8 Å². The largest absolute Gasteiger partial charge is 0.466 e. The van der Waals surface area contributed by atoms with E-state index in [2.05, 4.69) is 0 Å². The number of carbonyl (C=O) groups is 2. The van der Waals surface area contributed by atoms with Gasteiger partial charge in [-0.05, 0) is 26.2 Å². The Hall–Kier alpha value is -1.14. The van der Waals surface area contributed by atoms with Gasteiger partial charge >= 0.3 is 11.9 Å². The van der Waals surface area contributed by atoms with E-state index in [-0.39, 0.29) is 23.8 Å². The number of fused-ring (bicyclic) bond motifs is 3. The van der Waals surface area contributed by atoms with E-state index in [0.717, 1.165) is 6.42 Å². The summed E-state index contributed by atoms with van der Waals surface area (Å²) < 4.78 is 21.9. The molecule has 118 valence electrons. The van der Waals surface area contributed by atoms with Crippen molar-refractivity contribution >= 4 is 11.9 Å². The number of hydrogen-bond donors (Lipinski definition) is 0. The van der Waals surface area contributed by atoms with Crippen LogP contribution in [-0.2, 0) is 28.5 Å². The third-order valence-electron chi connectivity index (χ3n) is 4.89. The Morgan fingerprint density at radius 3 is 2.19 bits per heavy atom. The van der Waals surface area contributed by atoms with Crippen LogP contribution in [0.25, 0.3) is 0 Å². The minimum atomic E-state index is -0.689. The molecule has 0 aromatic heterocycles. The second-order valence-electron chi connectivity index (χ2n) is 5.87. The van der Waals surface area contributed by atoms with Gasteiger partial charge in [-0.1, -0.05) is 0 Å². The summed E-state index contributed by atoms with van der Waals surface area (Å²) in [6.45, 7) is 5.25. The Labute approximate surface area is 124 Å². The Kier molecular flexibility index (Phi) is 3.92. The molecule has 3 aliphatic rings. The third-order valence-corrected chi connectivity index (χ3v) is 4.89. The van der Waals surface area contributed by atoms with E-state index < -0.39 is 17.6 Å². The van der Waals surface area contributed by atoms with E-state index in [9.17, 15) is 9.59 Å². The van der Waals surface area contributed by atoms with Gasteiger partial charge in [0.05, 0.1) is 38.3 Å². The first-order valence-electron chi connectivity index (χ1n) is 7.74. The molecule has 2 saturated carbocycles. The van der Waals surface area contributed by atoms with E-state index >= 15 is 0 Å². The monoisotopic (exact) mass is 298 g/mol. The molecule has 1 aliphatic heterocycles. The number of rotatable bonds is 4. The van der Waals surface area contributed by atoms with Crippen LogP contribution in [0, 0.1) is 23.7 Å². The molecular weight excluding hydrogens is 276 g/mol. The van der Waals surface area contributed by atoms with Crippen molar-refractivity contribution in [2.24, 2.45) is 23.7 Å². The number of carbonyl (C=O) groups excluding carboxylic acids is 2. The molecule has 1 heterocycles. The molecule has 0 N–H and O–H groups in total. The van der Waals surface area contributed by atoms with Crippen LogP contribution in [0.5, 0.6) is 0 Å². The average molecular weight is 298 g/mol. The van der Waals surface area contributed by atoms with Crippen molar-refractivity contribution < 1.29 is 28.5 Å². The molecule has 6 nitrogen and oxygen atoms in total. The molecule has 0 aromatic carbocycles. The van der Waals surface area contributed by atoms with Crippen LogP contribution < -0.4 is 0 Å². The lowest BCUT2D eigenvalue weighted by molar-refractivity contribution is -0.217. The molecule has 2 aliphatic carbocycles. The summed E-state index contributed by atoms with van der Waals surface area (Å²) in [4.78, 5) is 24.6. The lowest BCUT2D eigenvalue weighted by Crippen LogP contribution is -2.49. The number of ether oxygens (including phenoxy) is 4. The Morgan fingerprint density at radius 2 is 1.62 bits per heavy atom. The summed E-state index contributed by atoms with van der Waals surface area (Å²) in [5, 5.41) is 0. The highest BCUT2D eigenvalue weighted by Crippen LogP contribution is 2.60. The zero-order valence-electron chi connectivity index (χ0n) is 12.5. The number of esters is 2. The quantitative estimate of drug-likeness (QED) is 0.725. The smallest absolute Gasteiger partial charge is 0.310 e. The van der Waals surface area contributed by atoms with Gasteiger partial charge in [0.25, 0.3) is 0 Å². The van der Waals surface area contributed by atoms with Crippen LogP contribution in [0.15, 0.2) is 0 Å². The van der Waals surface area contributed by atoms with E-state index in [1.165, 1.54) is 0 Å². The van der Waals surface area contributed by atoms with Crippen LogP contribution in [-0.4, -0.2) is 44.2 Å². The van der Waals surface area contributed by atoms with Gasteiger partial charge in [0, 0.05) is 12.3 Å². The van der Waals surface area contributed by atoms with Crippen molar-refractivity contribution in [2.45, 2.75) is 32.5 Å². The van der Waals surface area contributed by atoms with E-state index in [1.54, 1.807) is 13.8 Å². The van der Waals surface area contributed by atoms with Crippen LogP contribution in [0.4, 0.5) is 0 Å². The Bertz CT molecular complexity index is 428. The summed E-state index contributed by atoms with van der Waals surface area (Å²) in [5.74, 6) is -2.30. The topological polar surface area (TPSA) is 71.1 Å². The molecule has 0 unspecified atom stereocenters. The van der Waals surface area contributed by atoms with Crippen molar-refractivity contribution in [2.75, 3.05) is 26.4 Å². The zero-order chi connectivity index (χ0) is 15.0. The van der Waals surface area contributed by atoms with Gasteiger partial charge in [-0.25, -0.2) is 0 Å². The average Bonchev–Trinajstić information content (AvgIpc) is 3.13. The molecule has 2 bridgehead atoms. The fourth-order valence-electron chi connectivity index (χ4n) is 4.27. The summed E-state index contributed by atoms with van der Waals surface area (Å²) >= 11 is 0. The maximum Gasteiger partial charge on any atom is 0.310 e. The van der Waals surface area contributed by atoms with Crippen molar-refractivity contribution in [3.05, 3.63) is 0 Å². The van der Waals surface area contributed by atoms with Gasteiger partial charge in [-0.3, -0.25) is 9.59 Å². The van der Waals surface area contributed by atoms with Crippen LogP contribution in [0.1, 0.15) is 26.7 Å². The molecule has 1 saturated heterocycles. The number of hydrogen-bond acceptors (Lipinski definition) is 6. The molecule has 3 rings (SSSR count). The normalized spacial score (nSPS) is 36.1. The first-order chi connectivity index (χ1) is 10.1. The fourth-order valence-corrected chi connectivity index (χ4v) is 4.27. The van der Waals surface area contributed by atoms with Gasteiger partial charge in [0.2, 0.25) is 0 Å². The first-order valence-corrected chi connectivity index (χ1v) is 7.74. The van der Waals surface area contributed by atoms with Crippen LogP contribution in [0.3, 0.4) is 0 Å². The Balaban J connectivity index is 1.85. The standard InChI is InChI=1S/C15H22O6/c1-3-18-13(16)11-9-7-10(12(11)14(17)19-4-2)15(8-9)20-5-6-21-15/h9-12H,3-8H2,1-2H3/t9-,10-,11-,12-/m1/s1. The molecule has 3 fully saturated rings. The minimum absolute atomic E-state index is 0.0709. The molecule has 0 radical (unpaired) electrons. The fraction of sp³-hybridized carbons (Fsp3) is 0.867. The van der Waals surface area contributed by atoms with E-state index in [4.69, 9.17) is 18.9 Å². The highest BCUT2D eigenvalue weighted by Gasteiger charge is 2.67. The maximum atomic E-state index is 12.4. The summed E-state index contributed by atoms with van der Waals surface area (Å²) in [7, 11) is 0. The molecular formula is C15H22O6. The van der Waals surface area contributed by atoms with Crippen molar-refractivity contribution in [1.82, 2.24) is 0 Å². The molecule has 21 heavy (non-hydrogen) atoms. The SMILES string of the molecule is CCOC(=O)[C@@H]1[C@@H]2C[C@H]([C@H]1C(=O)OCC)C1(C2)OCCO1. The molecule has 0 aromatic rings. The van der Waals surface area contributed by atoms with Gasteiger partial charge in [-0.15, -0.1) is 0 Å². The summed E-state index contributed by atoms with van der Waals surface area (Å²) in [5.41, 5.74) is 0. The second kappa shape index (κ2) is 5.57. The Morgan fingerprint density at radius 1 is 1.05 bits per heavy atom. The highest BCUT2D eigenvalue weighted by molar-refractivity contribution is 5.84. The predicted molar refractivity (Wildman–Crippen MR) is 71.1 cm³/mol. The van der Waals surface area contributed by atoms with Crippen molar-refractivity contribution in [1.29, 1.82) is 0 Å². The van der Waals surface area contributed by atoms with Crippen molar-refractivity contribution in [3.63, 3.8) is 0 Å². The summed E-state index contributed by atoms with van der Waals surface area (Å²) in [6, 6.07) is 0. The van der Waals surface area contributed by atoms with Gasteiger partial charge in [-0.2, -0.15) is 0 Å². The predicted octanol–water partition coefficient (Wildman–Crippen LogP) is 1.13. The van der Waals surface area contributed by atoms with Crippen LogP contribution in [0.2, 0.25) is 0 Å². The maximum absolute atomic E-state index is 12.4. The highest BCUT2D eigenvalue weighted by atomic mass is 16.7. The molecule has 4 atom stereocenters. The van der Waals surface area contributed by atoms with Gasteiger partial charge < -0.3 is 18.9 Å². The summed E-state index contributed by atoms with van der Waals surface area (Å²) in [6.07, 6.45) is 1.42. The lowest BCUT2D eigenvalue weighted by atomic mass is 9.76. The third kappa shape index (κ3) is 2.25. The second-order valence-corrected chi connectivity index (χ2v) is 5.87. The first kappa shape index (κ1) is 14.8. The van der Waals surface area contributed by atoms with Crippen LogP contribution >= 0.6 is 0 Å². The molecule has 6 heteroatoms. The van der Waals surface area contributed by atoms with Gasteiger partial charge in [0.1, 0.15) is 0 Å².